The zero-order valence-corrected chi connectivity index (χ0v) is 37.5. The summed E-state index contributed by atoms with van der Waals surface area (Å²) in [5.74, 6) is 0. The SMILES string of the molecule is c1ccc2c(c1)-c1ccccc1-c1cc(-c3cc(-n4c5ccccc5c5ccccc54)cc(-n4c5ccccc5c5ccccc54)c3)c(-n3c4ccccc4c4ccccc43)cc1-c1ccccc1-2. The second-order valence-corrected chi connectivity index (χ2v) is 18.4. The Balaban J connectivity index is 1.13. The molecule has 3 heterocycles. The fourth-order valence-corrected chi connectivity index (χ4v) is 11.9. The molecule has 69 heavy (non-hydrogen) atoms. The molecular weight excluding hydrogens is 835 g/mol. The summed E-state index contributed by atoms with van der Waals surface area (Å²) in [4.78, 5) is 0. The number of rotatable bonds is 4. The van der Waals surface area contributed by atoms with Crippen LogP contribution in [0.2, 0.25) is 0 Å². The second-order valence-electron chi connectivity index (χ2n) is 18.4. The van der Waals surface area contributed by atoms with E-state index in [1.165, 1.54) is 110 Å². The Morgan fingerprint density at radius 2 is 0.449 bits per heavy atom. The molecule has 0 fully saturated rings. The first kappa shape index (κ1) is 38.0. The second kappa shape index (κ2) is 14.7. The van der Waals surface area contributed by atoms with Gasteiger partial charge in [-0.25, -0.2) is 0 Å². The van der Waals surface area contributed by atoms with Crippen molar-refractivity contribution in [1.82, 2.24) is 13.7 Å². The lowest BCUT2D eigenvalue weighted by Gasteiger charge is -2.26. The molecule has 1 aliphatic carbocycles. The maximum Gasteiger partial charge on any atom is 0.0547 e. The summed E-state index contributed by atoms with van der Waals surface area (Å²) in [6, 6.07) is 92.4. The van der Waals surface area contributed by atoms with Crippen LogP contribution in [0.15, 0.2) is 249 Å². The van der Waals surface area contributed by atoms with Gasteiger partial charge in [0.05, 0.1) is 38.8 Å². The average molecular weight is 876 g/mol. The van der Waals surface area contributed by atoms with Crippen LogP contribution in [0.25, 0.3) is 138 Å². The van der Waals surface area contributed by atoms with Gasteiger partial charge in [0.15, 0.2) is 0 Å². The van der Waals surface area contributed by atoms with Crippen LogP contribution in [-0.4, -0.2) is 13.7 Å². The van der Waals surface area contributed by atoms with E-state index >= 15 is 0 Å². The van der Waals surface area contributed by atoms with E-state index in [1.54, 1.807) is 0 Å². The Morgan fingerprint density at radius 3 is 0.783 bits per heavy atom. The highest BCUT2D eigenvalue weighted by atomic mass is 15.0. The van der Waals surface area contributed by atoms with E-state index in [2.05, 4.69) is 262 Å². The molecule has 0 amide bonds. The maximum atomic E-state index is 2.52. The van der Waals surface area contributed by atoms with E-state index < -0.39 is 0 Å². The molecule has 14 aromatic rings. The highest BCUT2D eigenvalue weighted by molar-refractivity contribution is 6.13. The monoisotopic (exact) mass is 875 g/mol. The minimum Gasteiger partial charge on any atom is -0.309 e. The van der Waals surface area contributed by atoms with Gasteiger partial charge in [0.1, 0.15) is 0 Å². The minimum atomic E-state index is 1.10. The quantitative estimate of drug-likeness (QED) is 0.167. The van der Waals surface area contributed by atoms with Gasteiger partial charge in [-0.1, -0.05) is 182 Å². The Labute approximate surface area is 398 Å². The number of nitrogens with zero attached hydrogens (tertiary/aromatic N) is 3. The molecule has 15 rings (SSSR count). The van der Waals surface area contributed by atoms with E-state index in [-0.39, 0.29) is 0 Å². The van der Waals surface area contributed by atoms with Gasteiger partial charge in [-0.05, 0) is 117 Å². The van der Waals surface area contributed by atoms with Crippen molar-refractivity contribution in [2.45, 2.75) is 0 Å². The van der Waals surface area contributed by atoms with Gasteiger partial charge < -0.3 is 13.7 Å². The van der Waals surface area contributed by atoms with Gasteiger partial charge in [-0.15, -0.1) is 0 Å². The van der Waals surface area contributed by atoms with Crippen LogP contribution in [-0.2, 0) is 0 Å². The zero-order valence-electron chi connectivity index (χ0n) is 37.5. The molecule has 3 heteroatoms. The van der Waals surface area contributed by atoms with Crippen LogP contribution in [0, 0.1) is 0 Å². The molecule has 0 atom stereocenters. The Morgan fingerprint density at radius 1 is 0.188 bits per heavy atom. The van der Waals surface area contributed by atoms with Crippen LogP contribution < -0.4 is 0 Å². The van der Waals surface area contributed by atoms with Gasteiger partial charge in [-0.3, -0.25) is 0 Å². The van der Waals surface area contributed by atoms with Crippen LogP contribution in [0.4, 0.5) is 0 Å². The lowest BCUT2D eigenvalue weighted by Crippen LogP contribution is -2.04. The van der Waals surface area contributed by atoms with E-state index in [0.29, 0.717) is 0 Å². The summed E-state index contributed by atoms with van der Waals surface area (Å²) in [5, 5.41) is 7.41. The molecule has 3 nitrogen and oxygen atoms in total. The summed E-state index contributed by atoms with van der Waals surface area (Å²) in [6.07, 6.45) is 0. The first-order valence-corrected chi connectivity index (χ1v) is 23.8. The molecule has 0 aliphatic heterocycles. The molecule has 3 aromatic heterocycles. The molecule has 0 unspecified atom stereocenters. The fraction of sp³-hybridized carbons (Fsp3) is 0. The first-order chi connectivity index (χ1) is 34.3. The topological polar surface area (TPSA) is 14.8 Å². The summed E-state index contributed by atoms with van der Waals surface area (Å²) in [6.45, 7) is 0. The molecule has 0 N–H and O–H groups in total. The molecular formula is C66H41N3. The normalized spacial score (nSPS) is 12.1. The summed E-state index contributed by atoms with van der Waals surface area (Å²) < 4.78 is 7.47. The lowest BCUT2D eigenvalue weighted by atomic mass is 9.79. The summed E-state index contributed by atoms with van der Waals surface area (Å²) in [7, 11) is 0. The van der Waals surface area contributed by atoms with E-state index in [1.807, 2.05) is 0 Å². The smallest absolute Gasteiger partial charge is 0.0547 e. The fourth-order valence-electron chi connectivity index (χ4n) is 11.9. The van der Waals surface area contributed by atoms with E-state index in [9.17, 15) is 0 Å². The molecule has 11 aromatic carbocycles. The highest BCUT2D eigenvalue weighted by Gasteiger charge is 2.27. The van der Waals surface area contributed by atoms with Gasteiger partial charge in [0.25, 0.3) is 0 Å². The number of hydrogen-bond acceptors (Lipinski definition) is 0. The standard InChI is InChI=1S/C66H41N3/c1-2-20-46-45(19-1)47-21-3-5-23-49(47)58-40-57(66(41-59(58)50-24-6-4-22-48(46)50)69-64-35-17-11-29-55(64)56-30-12-18-36-65(56)69)42-37-43(67-60-31-13-7-25-51(60)52-26-8-14-32-61(52)67)39-44(38-42)68-62-33-15-9-27-53(62)54-28-10-16-34-63(54)68/h1-41H. The third-order valence-corrected chi connectivity index (χ3v) is 14.8. The minimum absolute atomic E-state index is 1.10. The summed E-state index contributed by atoms with van der Waals surface area (Å²) >= 11 is 0. The van der Waals surface area contributed by atoms with Gasteiger partial charge in [0.2, 0.25) is 0 Å². The van der Waals surface area contributed by atoms with Crippen molar-refractivity contribution < 1.29 is 0 Å². The lowest BCUT2D eigenvalue weighted by molar-refractivity contribution is 1.13. The first-order valence-electron chi connectivity index (χ1n) is 23.8. The molecule has 0 bridgehead atoms. The largest absolute Gasteiger partial charge is 0.309 e. The molecule has 1 aliphatic rings. The van der Waals surface area contributed by atoms with Crippen molar-refractivity contribution in [3.8, 4) is 72.7 Å². The number of aromatic nitrogens is 3. The molecule has 320 valence electrons. The van der Waals surface area contributed by atoms with Crippen LogP contribution >= 0.6 is 0 Å². The van der Waals surface area contributed by atoms with Crippen LogP contribution in [0.1, 0.15) is 0 Å². The Kier molecular flexibility index (Phi) is 8.07. The van der Waals surface area contributed by atoms with Crippen LogP contribution in [0.3, 0.4) is 0 Å². The van der Waals surface area contributed by atoms with Crippen molar-refractivity contribution in [1.29, 1.82) is 0 Å². The Hall–Kier alpha value is -9.18. The van der Waals surface area contributed by atoms with Crippen molar-refractivity contribution >= 4 is 65.4 Å². The number of fused-ring (bicyclic) bond motifs is 17. The maximum absolute atomic E-state index is 2.52. The predicted octanol–water partition coefficient (Wildman–Crippen LogP) is 17.6. The van der Waals surface area contributed by atoms with Crippen molar-refractivity contribution in [3.05, 3.63) is 249 Å². The van der Waals surface area contributed by atoms with Gasteiger partial charge >= 0.3 is 0 Å². The van der Waals surface area contributed by atoms with Crippen molar-refractivity contribution in [2.24, 2.45) is 0 Å². The van der Waals surface area contributed by atoms with Crippen molar-refractivity contribution in [2.75, 3.05) is 0 Å². The van der Waals surface area contributed by atoms with Crippen LogP contribution in [0.5, 0.6) is 0 Å². The predicted molar refractivity (Wildman–Crippen MR) is 290 cm³/mol. The van der Waals surface area contributed by atoms with E-state index in [4.69, 9.17) is 0 Å². The van der Waals surface area contributed by atoms with Gasteiger partial charge in [-0.2, -0.15) is 0 Å². The van der Waals surface area contributed by atoms with E-state index in [0.717, 1.165) is 28.2 Å². The third kappa shape index (κ3) is 5.50. The molecule has 0 radical (unpaired) electrons. The molecule has 0 saturated carbocycles. The molecule has 0 saturated heterocycles. The van der Waals surface area contributed by atoms with Crippen molar-refractivity contribution in [3.63, 3.8) is 0 Å². The number of benzene rings is 11. The number of hydrogen-bond donors (Lipinski definition) is 0. The highest BCUT2D eigenvalue weighted by Crippen LogP contribution is 2.51. The average Bonchev–Trinajstić information content (AvgIpc) is 4.06. The van der Waals surface area contributed by atoms with Gasteiger partial charge in [0, 0.05) is 49.3 Å². The molecule has 0 spiro atoms. The zero-order chi connectivity index (χ0) is 45.2. The third-order valence-electron chi connectivity index (χ3n) is 14.8. The Bertz CT molecular complexity index is 4150. The number of para-hydroxylation sites is 6. The summed E-state index contributed by atoms with van der Waals surface area (Å²) in [5.41, 5.74) is 22.4.